The van der Waals surface area contributed by atoms with Crippen LogP contribution in [0.15, 0.2) is 0 Å². The largest absolute Gasteiger partial charge is 0.299 e. The highest BCUT2D eigenvalue weighted by atomic mass is 32.2. The van der Waals surface area contributed by atoms with Gasteiger partial charge in [-0.2, -0.15) is 0 Å². The van der Waals surface area contributed by atoms with E-state index in [9.17, 15) is 0 Å². The minimum atomic E-state index is 0.469. The lowest BCUT2D eigenvalue weighted by molar-refractivity contribution is 0.231. The molecule has 0 aromatic carbocycles. The van der Waals surface area contributed by atoms with Crippen LogP contribution in [0.4, 0.5) is 0 Å². The fraction of sp³-hybridized carbons (Fsp3) is 1.00. The molecular formula is C13H25NS. The van der Waals surface area contributed by atoms with Gasteiger partial charge in [0, 0.05) is 11.8 Å². The summed E-state index contributed by atoms with van der Waals surface area (Å²) in [5, 5.41) is 3.84. The zero-order chi connectivity index (χ0) is 10.9. The van der Waals surface area contributed by atoms with Crippen molar-refractivity contribution < 1.29 is 0 Å². The molecule has 2 aliphatic rings. The van der Waals surface area contributed by atoms with Crippen LogP contribution in [0.2, 0.25) is 0 Å². The topological polar surface area (TPSA) is 12.0 Å². The summed E-state index contributed by atoms with van der Waals surface area (Å²) in [4.78, 5) is 0.469. The molecule has 0 aromatic heterocycles. The number of thioether (sulfide) groups is 1. The SMILES string of the molecule is CC(C)CC1CCCC2(C1)NC(C)CS2. The van der Waals surface area contributed by atoms with Gasteiger partial charge >= 0.3 is 0 Å². The molecule has 3 atom stereocenters. The minimum absolute atomic E-state index is 0.469. The summed E-state index contributed by atoms with van der Waals surface area (Å²) in [5.41, 5.74) is 0. The van der Waals surface area contributed by atoms with Crippen LogP contribution in [0.3, 0.4) is 0 Å². The first-order chi connectivity index (χ1) is 7.10. The predicted octanol–water partition coefficient (Wildman–Crippen LogP) is 3.64. The second-order valence-electron chi connectivity index (χ2n) is 5.94. The van der Waals surface area contributed by atoms with E-state index in [-0.39, 0.29) is 0 Å². The number of hydrogen-bond acceptors (Lipinski definition) is 2. The van der Waals surface area contributed by atoms with Gasteiger partial charge in [-0.05, 0) is 38.0 Å². The van der Waals surface area contributed by atoms with E-state index in [0.717, 1.165) is 17.9 Å². The van der Waals surface area contributed by atoms with Crippen LogP contribution < -0.4 is 5.32 Å². The van der Waals surface area contributed by atoms with E-state index in [4.69, 9.17) is 0 Å². The molecule has 2 fully saturated rings. The Morgan fingerprint density at radius 3 is 2.87 bits per heavy atom. The highest BCUT2D eigenvalue weighted by Crippen LogP contribution is 2.45. The van der Waals surface area contributed by atoms with Crippen LogP contribution in [-0.2, 0) is 0 Å². The lowest BCUT2D eigenvalue weighted by Gasteiger charge is -2.38. The maximum Gasteiger partial charge on any atom is 0.0650 e. The Morgan fingerprint density at radius 1 is 1.47 bits per heavy atom. The molecule has 0 bridgehead atoms. The molecule has 0 amide bonds. The van der Waals surface area contributed by atoms with Crippen molar-refractivity contribution in [2.45, 2.75) is 63.8 Å². The molecule has 1 nitrogen and oxygen atoms in total. The van der Waals surface area contributed by atoms with E-state index >= 15 is 0 Å². The van der Waals surface area contributed by atoms with Gasteiger partial charge in [-0.25, -0.2) is 0 Å². The normalized spacial score (nSPS) is 41.6. The van der Waals surface area contributed by atoms with E-state index in [0.29, 0.717) is 4.87 Å². The maximum atomic E-state index is 3.84. The van der Waals surface area contributed by atoms with Gasteiger partial charge in [0.2, 0.25) is 0 Å². The van der Waals surface area contributed by atoms with E-state index < -0.39 is 0 Å². The van der Waals surface area contributed by atoms with Gasteiger partial charge in [-0.3, -0.25) is 5.32 Å². The summed E-state index contributed by atoms with van der Waals surface area (Å²) in [5.74, 6) is 3.16. The van der Waals surface area contributed by atoms with Crippen molar-refractivity contribution in [3.8, 4) is 0 Å². The third-order valence-electron chi connectivity index (χ3n) is 3.74. The Bertz CT molecular complexity index is 213. The van der Waals surface area contributed by atoms with Gasteiger partial charge in [0.1, 0.15) is 0 Å². The lowest BCUT2D eigenvalue weighted by atomic mass is 9.80. The zero-order valence-corrected chi connectivity index (χ0v) is 11.2. The lowest BCUT2D eigenvalue weighted by Crippen LogP contribution is -2.44. The van der Waals surface area contributed by atoms with Crippen LogP contribution in [0, 0.1) is 11.8 Å². The van der Waals surface area contributed by atoms with Crippen molar-refractivity contribution >= 4 is 11.8 Å². The second kappa shape index (κ2) is 4.67. The van der Waals surface area contributed by atoms with Gasteiger partial charge in [0.25, 0.3) is 0 Å². The molecule has 3 unspecified atom stereocenters. The van der Waals surface area contributed by atoms with Crippen molar-refractivity contribution in [1.82, 2.24) is 5.32 Å². The Kier molecular flexibility index (Phi) is 3.67. The Balaban J connectivity index is 1.92. The van der Waals surface area contributed by atoms with E-state index in [1.165, 1.54) is 37.9 Å². The second-order valence-corrected chi connectivity index (χ2v) is 7.35. The van der Waals surface area contributed by atoms with Crippen LogP contribution in [0.1, 0.15) is 52.9 Å². The molecule has 1 saturated carbocycles. The first-order valence-electron chi connectivity index (χ1n) is 6.51. The third-order valence-corrected chi connectivity index (χ3v) is 5.44. The molecule has 0 radical (unpaired) electrons. The Hall–Kier alpha value is 0.310. The molecular weight excluding hydrogens is 202 g/mol. The number of hydrogen-bond donors (Lipinski definition) is 1. The summed E-state index contributed by atoms with van der Waals surface area (Å²) in [6, 6.07) is 0.729. The summed E-state index contributed by atoms with van der Waals surface area (Å²) in [7, 11) is 0. The maximum absolute atomic E-state index is 3.84. The van der Waals surface area contributed by atoms with Crippen LogP contribution in [-0.4, -0.2) is 16.7 Å². The highest BCUT2D eigenvalue weighted by Gasteiger charge is 2.41. The van der Waals surface area contributed by atoms with Gasteiger partial charge in [0.05, 0.1) is 4.87 Å². The van der Waals surface area contributed by atoms with E-state index in [1.54, 1.807) is 0 Å². The first-order valence-corrected chi connectivity index (χ1v) is 7.50. The van der Waals surface area contributed by atoms with Crippen molar-refractivity contribution in [3.05, 3.63) is 0 Å². The van der Waals surface area contributed by atoms with Crippen molar-refractivity contribution in [3.63, 3.8) is 0 Å². The van der Waals surface area contributed by atoms with Gasteiger partial charge in [-0.1, -0.05) is 26.7 Å². The third kappa shape index (κ3) is 2.91. The molecule has 0 aromatic rings. The molecule has 1 saturated heterocycles. The Labute approximate surface area is 98.8 Å². The average molecular weight is 227 g/mol. The molecule has 1 spiro atoms. The van der Waals surface area contributed by atoms with Crippen molar-refractivity contribution in [2.75, 3.05) is 5.75 Å². The van der Waals surface area contributed by atoms with Gasteiger partial charge < -0.3 is 0 Å². The van der Waals surface area contributed by atoms with Crippen molar-refractivity contribution in [2.24, 2.45) is 11.8 Å². The number of rotatable bonds is 2. The monoisotopic (exact) mass is 227 g/mol. The predicted molar refractivity (Wildman–Crippen MR) is 69.2 cm³/mol. The smallest absolute Gasteiger partial charge is 0.0650 e. The fourth-order valence-corrected chi connectivity index (χ4v) is 4.87. The Morgan fingerprint density at radius 2 is 2.27 bits per heavy atom. The standard InChI is InChI=1S/C13H25NS/c1-10(2)7-12-5-4-6-13(8-12)14-11(3)9-15-13/h10-12,14H,4-9H2,1-3H3. The average Bonchev–Trinajstić information content (AvgIpc) is 2.46. The molecule has 2 rings (SSSR count). The highest BCUT2D eigenvalue weighted by molar-refractivity contribution is 8.00. The first kappa shape index (κ1) is 11.8. The molecule has 88 valence electrons. The van der Waals surface area contributed by atoms with Crippen molar-refractivity contribution in [1.29, 1.82) is 0 Å². The van der Waals surface area contributed by atoms with Gasteiger partial charge in [0.15, 0.2) is 0 Å². The molecule has 1 aliphatic heterocycles. The summed E-state index contributed by atoms with van der Waals surface area (Å²) < 4.78 is 0. The number of nitrogens with one attached hydrogen (secondary N) is 1. The van der Waals surface area contributed by atoms with Gasteiger partial charge in [-0.15, -0.1) is 11.8 Å². The zero-order valence-electron chi connectivity index (χ0n) is 10.4. The summed E-state index contributed by atoms with van der Waals surface area (Å²) >= 11 is 2.19. The summed E-state index contributed by atoms with van der Waals surface area (Å²) in [6.07, 6.45) is 7.15. The fourth-order valence-electron chi connectivity index (χ4n) is 3.29. The molecule has 1 aliphatic carbocycles. The summed E-state index contributed by atoms with van der Waals surface area (Å²) in [6.45, 7) is 7.05. The van der Waals surface area contributed by atoms with Crippen LogP contribution in [0.25, 0.3) is 0 Å². The van der Waals surface area contributed by atoms with Crippen LogP contribution >= 0.6 is 11.8 Å². The molecule has 1 heterocycles. The molecule has 1 N–H and O–H groups in total. The van der Waals surface area contributed by atoms with Crippen LogP contribution in [0.5, 0.6) is 0 Å². The van der Waals surface area contributed by atoms with E-state index in [2.05, 4.69) is 37.8 Å². The van der Waals surface area contributed by atoms with E-state index in [1.807, 2.05) is 0 Å². The quantitative estimate of drug-likeness (QED) is 0.773. The minimum Gasteiger partial charge on any atom is -0.299 e. The molecule has 2 heteroatoms. The molecule has 15 heavy (non-hydrogen) atoms.